The van der Waals surface area contributed by atoms with Gasteiger partial charge in [0.2, 0.25) is 0 Å². The maximum Gasteiger partial charge on any atom is 0.123 e. The highest BCUT2D eigenvalue weighted by atomic mass is 19.1. The summed E-state index contributed by atoms with van der Waals surface area (Å²) in [6.07, 6.45) is 4.39. The standard InChI is InChI=1S/C15H18FN3/c1-11-8-13(16)3-2-12(11)10-19-15(6-7-18-19)9-17-14-4-5-14/h2-3,6-8,14,17H,4-5,9-10H2,1H3. The van der Waals surface area contributed by atoms with E-state index in [1.807, 2.05) is 29.9 Å². The van der Waals surface area contributed by atoms with Crippen molar-refractivity contribution in [2.75, 3.05) is 0 Å². The van der Waals surface area contributed by atoms with E-state index in [0.717, 1.165) is 17.7 Å². The van der Waals surface area contributed by atoms with E-state index >= 15 is 0 Å². The van der Waals surface area contributed by atoms with Gasteiger partial charge >= 0.3 is 0 Å². The van der Waals surface area contributed by atoms with E-state index in [1.54, 1.807) is 6.07 Å². The van der Waals surface area contributed by atoms with Gasteiger partial charge in [-0.1, -0.05) is 6.07 Å². The summed E-state index contributed by atoms with van der Waals surface area (Å²) in [7, 11) is 0. The zero-order valence-corrected chi connectivity index (χ0v) is 11.1. The second-order valence-corrected chi connectivity index (χ2v) is 5.21. The first-order valence-electron chi connectivity index (χ1n) is 6.71. The summed E-state index contributed by atoms with van der Waals surface area (Å²) in [5.41, 5.74) is 3.25. The minimum atomic E-state index is -0.183. The van der Waals surface area contributed by atoms with Gasteiger partial charge in [-0.15, -0.1) is 0 Å². The fourth-order valence-corrected chi connectivity index (χ4v) is 2.19. The maximum atomic E-state index is 13.1. The van der Waals surface area contributed by atoms with Crippen LogP contribution >= 0.6 is 0 Å². The van der Waals surface area contributed by atoms with Gasteiger partial charge in [-0.3, -0.25) is 4.68 Å². The molecule has 3 rings (SSSR count). The van der Waals surface area contributed by atoms with E-state index in [1.165, 1.54) is 24.6 Å². The molecule has 1 fully saturated rings. The fourth-order valence-electron chi connectivity index (χ4n) is 2.19. The van der Waals surface area contributed by atoms with Gasteiger partial charge < -0.3 is 5.32 Å². The minimum absolute atomic E-state index is 0.183. The van der Waals surface area contributed by atoms with Gasteiger partial charge in [0.1, 0.15) is 5.82 Å². The normalized spacial score (nSPS) is 14.8. The van der Waals surface area contributed by atoms with Crippen molar-refractivity contribution < 1.29 is 4.39 Å². The van der Waals surface area contributed by atoms with Crippen LogP contribution in [0.25, 0.3) is 0 Å². The molecule has 1 saturated carbocycles. The van der Waals surface area contributed by atoms with Crippen LogP contribution in [-0.4, -0.2) is 15.8 Å². The van der Waals surface area contributed by atoms with Crippen LogP contribution in [-0.2, 0) is 13.1 Å². The average Bonchev–Trinajstić information content (AvgIpc) is 3.11. The summed E-state index contributed by atoms with van der Waals surface area (Å²) in [5.74, 6) is -0.183. The van der Waals surface area contributed by atoms with Crippen LogP contribution in [0.3, 0.4) is 0 Å². The molecular formula is C15H18FN3. The van der Waals surface area contributed by atoms with E-state index in [0.29, 0.717) is 12.6 Å². The molecule has 1 heterocycles. The van der Waals surface area contributed by atoms with Crippen LogP contribution in [0.5, 0.6) is 0 Å². The molecule has 2 aromatic rings. The Bertz CT molecular complexity index is 573. The third kappa shape index (κ3) is 3.01. The van der Waals surface area contributed by atoms with Crippen molar-refractivity contribution in [3.63, 3.8) is 0 Å². The highest BCUT2D eigenvalue weighted by Crippen LogP contribution is 2.19. The first kappa shape index (κ1) is 12.4. The van der Waals surface area contributed by atoms with E-state index in [4.69, 9.17) is 0 Å². The van der Waals surface area contributed by atoms with Crippen LogP contribution in [0.2, 0.25) is 0 Å². The number of hydrogen-bond donors (Lipinski definition) is 1. The Morgan fingerprint density at radius 1 is 1.37 bits per heavy atom. The predicted molar refractivity (Wildman–Crippen MR) is 72.3 cm³/mol. The Hall–Kier alpha value is -1.68. The zero-order valence-electron chi connectivity index (χ0n) is 11.1. The van der Waals surface area contributed by atoms with Gasteiger partial charge in [-0.25, -0.2) is 4.39 Å². The van der Waals surface area contributed by atoms with Gasteiger partial charge in [0.25, 0.3) is 0 Å². The minimum Gasteiger partial charge on any atom is -0.308 e. The molecule has 4 heteroatoms. The average molecular weight is 259 g/mol. The fraction of sp³-hybridized carbons (Fsp3) is 0.400. The summed E-state index contributed by atoms with van der Waals surface area (Å²) in [6, 6.07) is 7.64. The number of halogens is 1. The topological polar surface area (TPSA) is 29.9 Å². The molecule has 0 spiro atoms. The van der Waals surface area contributed by atoms with Crippen molar-refractivity contribution in [1.29, 1.82) is 0 Å². The number of nitrogens with one attached hydrogen (secondary N) is 1. The third-order valence-corrected chi connectivity index (χ3v) is 3.58. The molecule has 0 aliphatic heterocycles. The highest BCUT2D eigenvalue weighted by Gasteiger charge is 2.20. The molecule has 0 saturated heterocycles. The van der Waals surface area contributed by atoms with Crippen LogP contribution in [0.4, 0.5) is 4.39 Å². The number of aromatic nitrogens is 2. The Labute approximate surface area is 112 Å². The summed E-state index contributed by atoms with van der Waals surface area (Å²) in [4.78, 5) is 0. The molecule has 1 aliphatic rings. The summed E-state index contributed by atoms with van der Waals surface area (Å²) >= 11 is 0. The predicted octanol–water partition coefficient (Wildman–Crippen LogP) is 2.63. The van der Waals surface area contributed by atoms with E-state index < -0.39 is 0 Å². The molecule has 0 atom stereocenters. The lowest BCUT2D eigenvalue weighted by Crippen LogP contribution is -2.19. The first-order valence-corrected chi connectivity index (χ1v) is 6.71. The second kappa shape index (κ2) is 5.13. The molecule has 0 unspecified atom stereocenters. The van der Waals surface area contributed by atoms with Gasteiger partial charge in [-0.2, -0.15) is 5.10 Å². The Morgan fingerprint density at radius 3 is 2.95 bits per heavy atom. The molecule has 0 bridgehead atoms. The summed E-state index contributed by atoms with van der Waals surface area (Å²) in [5, 5.41) is 7.84. The number of hydrogen-bond acceptors (Lipinski definition) is 2. The lowest BCUT2D eigenvalue weighted by Gasteiger charge is -2.10. The van der Waals surface area contributed by atoms with Gasteiger partial charge in [0.05, 0.1) is 12.2 Å². The highest BCUT2D eigenvalue weighted by molar-refractivity contribution is 5.27. The van der Waals surface area contributed by atoms with Crippen molar-refractivity contribution in [2.24, 2.45) is 0 Å². The zero-order chi connectivity index (χ0) is 13.2. The molecule has 100 valence electrons. The molecule has 0 amide bonds. The van der Waals surface area contributed by atoms with E-state index in [9.17, 15) is 4.39 Å². The van der Waals surface area contributed by atoms with Crippen LogP contribution in [0, 0.1) is 12.7 Å². The Balaban J connectivity index is 1.73. The summed E-state index contributed by atoms with van der Waals surface area (Å²) < 4.78 is 15.1. The third-order valence-electron chi connectivity index (χ3n) is 3.58. The van der Waals surface area contributed by atoms with Crippen molar-refractivity contribution in [3.8, 4) is 0 Å². The molecule has 19 heavy (non-hydrogen) atoms. The molecular weight excluding hydrogens is 241 g/mol. The smallest absolute Gasteiger partial charge is 0.123 e. The molecule has 1 aliphatic carbocycles. The number of nitrogens with zero attached hydrogens (tertiary/aromatic N) is 2. The van der Waals surface area contributed by atoms with Gasteiger partial charge in [-0.05, 0) is 49.1 Å². The first-order chi connectivity index (χ1) is 9.22. The second-order valence-electron chi connectivity index (χ2n) is 5.21. The number of aryl methyl sites for hydroxylation is 1. The van der Waals surface area contributed by atoms with Crippen LogP contribution in [0.15, 0.2) is 30.5 Å². The lowest BCUT2D eigenvalue weighted by molar-refractivity contribution is 0.589. The van der Waals surface area contributed by atoms with Crippen LogP contribution < -0.4 is 5.32 Å². The van der Waals surface area contributed by atoms with Crippen molar-refractivity contribution >= 4 is 0 Å². The van der Waals surface area contributed by atoms with Crippen molar-refractivity contribution in [3.05, 3.63) is 53.1 Å². The molecule has 1 aromatic carbocycles. The van der Waals surface area contributed by atoms with Gasteiger partial charge in [0, 0.05) is 18.8 Å². The number of benzene rings is 1. The SMILES string of the molecule is Cc1cc(F)ccc1Cn1nccc1CNC1CC1. The molecule has 1 aromatic heterocycles. The van der Waals surface area contributed by atoms with Crippen LogP contribution in [0.1, 0.15) is 29.7 Å². The van der Waals surface area contributed by atoms with Crippen molar-refractivity contribution in [1.82, 2.24) is 15.1 Å². The molecule has 3 nitrogen and oxygen atoms in total. The monoisotopic (exact) mass is 259 g/mol. The quantitative estimate of drug-likeness (QED) is 0.894. The number of rotatable bonds is 5. The van der Waals surface area contributed by atoms with E-state index in [2.05, 4.69) is 10.4 Å². The van der Waals surface area contributed by atoms with E-state index in [-0.39, 0.29) is 5.82 Å². The molecule has 1 N–H and O–H groups in total. The maximum absolute atomic E-state index is 13.1. The van der Waals surface area contributed by atoms with Gasteiger partial charge in [0.15, 0.2) is 0 Å². The largest absolute Gasteiger partial charge is 0.308 e. The van der Waals surface area contributed by atoms with Crippen molar-refractivity contribution in [2.45, 2.75) is 38.9 Å². The summed E-state index contributed by atoms with van der Waals surface area (Å²) in [6.45, 7) is 3.48. The Morgan fingerprint density at radius 2 is 2.21 bits per heavy atom. The molecule has 0 radical (unpaired) electrons. The lowest BCUT2D eigenvalue weighted by atomic mass is 10.1. The Kier molecular flexibility index (Phi) is 3.34.